The van der Waals surface area contributed by atoms with Crippen LogP contribution in [0.2, 0.25) is 0 Å². The number of hydrogen-bond donors (Lipinski definition) is 1. The van der Waals surface area contributed by atoms with Crippen LogP contribution in [0.15, 0.2) is 23.1 Å². The molecule has 0 amide bonds. The standard InChI is InChI=1S/C15H19N3O2S.ClH/c1-11-2-3-12(9-16)8-15(11)21(19,20)18-13-4-5-14(18)10-17-7-6-13;/h2-3,8,13-14,17H,4-7,10H2,1H3;1H. The SMILES string of the molecule is Cc1ccc(C#N)cc1S(=O)(=O)N1C2CCNCC1CC2.Cl. The lowest BCUT2D eigenvalue weighted by molar-refractivity contribution is 0.334. The molecule has 7 heteroatoms. The van der Waals surface area contributed by atoms with E-state index >= 15 is 0 Å². The van der Waals surface area contributed by atoms with Gasteiger partial charge in [-0.15, -0.1) is 12.4 Å². The minimum absolute atomic E-state index is 0. The highest BCUT2D eigenvalue weighted by Crippen LogP contribution is 2.34. The van der Waals surface area contributed by atoms with Gasteiger partial charge in [0.25, 0.3) is 0 Å². The van der Waals surface area contributed by atoms with Crippen molar-refractivity contribution in [1.29, 1.82) is 5.26 Å². The van der Waals surface area contributed by atoms with Gasteiger partial charge in [-0.1, -0.05) is 6.07 Å². The van der Waals surface area contributed by atoms with Crippen LogP contribution in [0.5, 0.6) is 0 Å². The van der Waals surface area contributed by atoms with Gasteiger partial charge in [-0.3, -0.25) is 0 Å². The number of sulfonamides is 1. The summed E-state index contributed by atoms with van der Waals surface area (Å²) in [4.78, 5) is 0.278. The topological polar surface area (TPSA) is 73.2 Å². The van der Waals surface area contributed by atoms with Gasteiger partial charge in [0.05, 0.1) is 16.5 Å². The minimum Gasteiger partial charge on any atom is -0.315 e. The lowest BCUT2D eigenvalue weighted by Gasteiger charge is -2.27. The zero-order chi connectivity index (χ0) is 15.0. The van der Waals surface area contributed by atoms with Crippen molar-refractivity contribution >= 4 is 22.4 Å². The van der Waals surface area contributed by atoms with E-state index < -0.39 is 10.0 Å². The molecule has 2 saturated heterocycles. The highest BCUT2D eigenvalue weighted by molar-refractivity contribution is 7.89. The van der Waals surface area contributed by atoms with E-state index in [-0.39, 0.29) is 29.4 Å². The molecule has 2 atom stereocenters. The van der Waals surface area contributed by atoms with Gasteiger partial charge in [-0.2, -0.15) is 9.57 Å². The molecule has 120 valence electrons. The Balaban J connectivity index is 0.00000176. The summed E-state index contributed by atoms with van der Waals surface area (Å²) in [6.45, 7) is 3.36. The summed E-state index contributed by atoms with van der Waals surface area (Å²) in [5.74, 6) is 0. The number of nitrogens with zero attached hydrogens (tertiary/aromatic N) is 2. The molecule has 5 nitrogen and oxygen atoms in total. The third kappa shape index (κ3) is 2.86. The molecule has 1 N–H and O–H groups in total. The molecule has 2 aliphatic rings. The van der Waals surface area contributed by atoms with E-state index in [4.69, 9.17) is 5.26 Å². The van der Waals surface area contributed by atoms with E-state index in [1.54, 1.807) is 23.4 Å². The normalized spacial score (nSPS) is 25.1. The molecule has 2 aliphatic heterocycles. The van der Waals surface area contributed by atoms with Crippen molar-refractivity contribution in [3.63, 3.8) is 0 Å². The molecule has 1 aromatic rings. The van der Waals surface area contributed by atoms with Gasteiger partial charge in [-0.05, 0) is 50.4 Å². The number of nitriles is 1. The molecule has 0 spiro atoms. The number of benzene rings is 1. The monoisotopic (exact) mass is 341 g/mol. The quantitative estimate of drug-likeness (QED) is 0.890. The molecule has 3 rings (SSSR count). The molecule has 2 bridgehead atoms. The van der Waals surface area contributed by atoms with Crippen LogP contribution in [0.1, 0.15) is 30.4 Å². The Morgan fingerprint density at radius 3 is 2.73 bits per heavy atom. The summed E-state index contributed by atoms with van der Waals surface area (Å²) in [5.41, 5.74) is 1.09. The van der Waals surface area contributed by atoms with Crippen molar-refractivity contribution in [2.75, 3.05) is 13.1 Å². The summed E-state index contributed by atoms with van der Waals surface area (Å²) in [7, 11) is -3.54. The van der Waals surface area contributed by atoms with Gasteiger partial charge in [0.1, 0.15) is 0 Å². The average Bonchev–Trinajstić information content (AvgIpc) is 2.73. The summed E-state index contributed by atoms with van der Waals surface area (Å²) < 4.78 is 27.8. The fraction of sp³-hybridized carbons (Fsp3) is 0.533. The summed E-state index contributed by atoms with van der Waals surface area (Å²) in [5, 5.41) is 12.3. The maximum absolute atomic E-state index is 13.1. The van der Waals surface area contributed by atoms with E-state index in [0.29, 0.717) is 17.7 Å². The third-order valence-electron chi connectivity index (χ3n) is 4.46. The van der Waals surface area contributed by atoms with E-state index in [0.717, 1.165) is 25.8 Å². The largest absolute Gasteiger partial charge is 0.315 e. The predicted octanol–water partition coefficient (Wildman–Crippen LogP) is 1.80. The number of nitrogens with one attached hydrogen (secondary N) is 1. The maximum Gasteiger partial charge on any atom is 0.243 e. The van der Waals surface area contributed by atoms with E-state index in [2.05, 4.69) is 5.32 Å². The van der Waals surface area contributed by atoms with Crippen LogP contribution in [-0.4, -0.2) is 37.9 Å². The molecule has 1 aromatic carbocycles. The van der Waals surface area contributed by atoms with Crippen LogP contribution in [0.25, 0.3) is 0 Å². The Morgan fingerprint density at radius 1 is 1.27 bits per heavy atom. The third-order valence-corrected chi connectivity index (χ3v) is 6.61. The second-order valence-electron chi connectivity index (χ2n) is 5.80. The number of hydrogen-bond acceptors (Lipinski definition) is 4. The van der Waals surface area contributed by atoms with Gasteiger partial charge in [0.15, 0.2) is 0 Å². The van der Waals surface area contributed by atoms with Gasteiger partial charge in [0, 0.05) is 18.6 Å². The first-order valence-electron chi connectivity index (χ1n) is 7.29. The molecule has 0 aliphatic carbocycles. The molecule has 0 radical (unpaired) electrons. The van der Waals surface area contributed by atoms with E-state index in [1.807, 2.05) is 6.07 Å². The molecule has 2 fully saturated rings. The smallest absolute Gasteiger partial charge is 0.243 e. The van der Waals surface area contributed by atoms with Crippen LogP contribution in [0, 0.1) is 18.3 Å². The van der Waals surface area contributed by atoms with E-state index in [1.165, 1.54) is 6.07 Å². The van der Waals surface area contributed by atoms with Crippen molar-refractivity contribution in [3.05, 3.63) is 29.3 Å². The second-order valence-corrected chi connectivity index (χ2v) is 7.62. The number of fused-ring (bicyclic) bond motifs is 2. The molecular weight excluding hydrogens is 322 g/mol. The molecule has 0 saturated carbocycles. The van der Waals surface area contributed by atoms with E-state index in [9.17, 15) is 8.42 Å². The Labute approximate surface area is 137 Å². The van der Waals surface area contributed by atoms with Crippen molar-refractivity contribution in [1.82, 2.24) is 9.62 Å². The van der Waals surface area contributed by atoms with Crippen molar-refractivity contribution in [3.8, 4) is 6.07 Å². The van der Waals surface area contributed by atoms with Gasteiger partial charge in [-0.25, -0.2) is 8.42 Å². The summed E-state index contributed by atoms with van der Waals surface area (Å²) in [6.07, 6.45) is 2.70. The number of rotatable bonds is 2. The Hall–Kier alpha value is -1.13. The first-order valence-corrected chi connectivity index (χ1v) is 8.73. The fourth-order valence-electron chi connectivity index (χ4n) is 3.39. The van der Waals surface area contributed by atoms with Crippen LogP contribution >= 0.6 is 12.4 Å². The summed E-state index contributed by atoms with van der Waals surface area (Å²) >= 11 is 0. The highest BCUT2D eigenvalue weighted by Gasteiger charge is 2.43. The zero-order valence-corrected chi connectivity index (χ0v) is 14.1. The second kappa shape index (κ2) is 6.55. The van der Waals surface area contributed by atoms with Crippen LogP contribution in [0.3, 0.4) is 0 Å². The van der Waals surface area contributed by atoms with Crippen LogP contribution < -0.4 is 5.32 Å². The van der Waals surface area contributed by atoms with Gasteiger partial charge >= 0.3 is 0 Å². The van der Waals surface area contributed by atoms with Crippen LogP contribution in [0.4, 0.5) is 0 Å². The maximum atomic E-state index is 13.1. The number of aryl methyl sites for hydroxylation is 1. The Bertz CT molecular complexity index is 685. The fourth-order valence-corrected chi connectivity index (χ4v) is 5.55. The van der Waals surface area contributed by atoms with Crippen molar-refractivity contribution in [2.45, 2.75) is 43.2 Å². The Kier molecular flexibility index (Phi) is 5.13. The lowest BCUT2D eigenvalue weighted by atomic mass is 10.1. The first kappa shape index (κ1) is 17.2. The number of halogens is 1. The average molecular weight is 342 g/mol. The minimum atomic E-state index is -3.54. The molecule has 0 aromatic heterocycles. The Morgan fingerprint density at radius 2 is 2.00 bits per heavy atom. The first-order chi connectivity index (χ1) is 10.0. The summed E-state index contributed by atoms with van der Waals surface area (Å²) in [6, 6.07) is 7.02. The lowest BCUT2D eigenvalue weighted by Crippen LogP contribution is -2.42. The van der Waals surface area contributed by atoms with Crippen molar-refractivity contribution < 1.29 is 8.42 Å². The zero-order valence-electron chi connectivity index (χ0n) is 12.4. The highest BCUT2D eigenvalue weighted by atomic mass is 35.5. The molecule has 22 heavy (non-hydrogen) atoms. The van der Waals surface area contributed by atoms with Crippen LogP contribution in [-0.2, 0) is 10.0 Å². The molecule has 2 unspecified atom stereocenters. The van der Waals surface area contributed by atoms with Crippen molar-refractivity contribution in [2.24, 2.45) is 0 Å². The molecule has 2 heterocycles. The predicted molar refractivity (Wildman–Crippen MR) is 86.5 cm³/mol. The van der Waals surface area contributed by atoms with Gasteiger partial charge < -0.3 is 5.32 Å². The van der Waals surface area contributed by atoms with Gasteiger partial charge in [0.2, 0.25) is 10.0 Å². The molecular formula is C15H20ClN3O2S.